The van der Waals surface area contributed by atoms with E-state index >= 15 is 0 Å². The molecule has 0 aliphatic heterocycles. The first-order valence-corrected chi connectivity index (χ1v) is 8.42. The lowest BCUT2D eigenvalue weighted by Crippen LogP contribution is -2.48. The molecule has 2 aromatic rings. The highest BCUT2D eigenvalue weighted by atomic mass is 32.2. The Kier molecular flexibility index (Phi) is 3.96. The van der Waals surface area contributed by atoms with Gasteiger partial charge in [0.05, 0.1) is 21.6 Å². The van der Waals surface area contributed by atoms with Crippen molar-refractivity contribution < 1.29 is 9.90 Å². The largest absolute Gasteiger partial charge is 0.388 e. The van der Waals surface area contributed by atoms with Crippen LogP contribution in [0.15, 0.2) is 28.6 Å². The molecule has 1 saturated carbocycles. The summed E-state index contributed by atoms with van der Waals surface area (Å²) >= 11 is 3.05. The quantitative estimate of drug-likeness (QED) is 0.833. The summed E-state index contributed by atoms with van der Waals surface area (Å²) < 4.78 is 2.04. The Hall–Kier alpha value is -1.11. The average Bonchev–Trinajstić information content (AvgIpc) is 2.83. The van der Waals surface area contributed by atoms with Gasteiger partial charge in [-0.1, -0.05) is 23.9 Å². The molecule has 0 saturated heterocycles. The van der Waals surface area contributed by atoms with Gasteiger partial charge < -0.3 is 10.4 Å². The lowest BCUT2D eigenvalue weighted by atomic mass is 9.80. The summed E-state index contributed by atoms with van der Waals surface area (Å²) in [6.07, 6.45) is 2.63. The predicted octanol–water partition coefficient (Wildman–Crippen LogP) is 2.42. The van der Waals surface area contributed by atoms with Gasteiger partial charge in [0.25, 0.3) is 0 Å². The highest BCUT2D eigenvalue weighted by Crippen LogP contribution is 2.31. The molecule has 6 heteroatoms. The van der Waals surface area contributed by atoms with Gasteiger partial charge >= 0.3 is 0 Å². The Labute approximate surface area is 125 Å². The summed E-state index contributed by atoms with van der Waals surface area (Å²) in [4.78, 5) is 16.2. The van der Waals surface area contributed by atoms with Gasteiger partial charge in [-0.3, -0.25) is 4.79 Å². The minimum atomic E-state index is -0.657. The van der Waals surface area contributed by atoms with Gasteiger partial charge in [0.2, 0.25) is 5.91 Å². The molecule has 0 bridgehead atoms. The summed E-state index contributed by atoms with van der Waals surface area (Å²) in [5, 5.41) is 12.7. The number of fused-ring (bicyclic) bond motifs is 1. The Balaban J connectivity index is 1.49. The number of nitrogens with one attached hydrogen (secondary N) is 1. The van der Waals surface area contributed by atoms with E-state index in [-0.39, 0.29) is 5.91 Å². The normalized spacial score (nSPS) is 16.9. The number of carbonyl (C=O) groups is 1. The van der Waals surface area contributed by atoms with Gasteiger partial charge in [-0.15, -0.1) is 11.3 Å². The van der Waals surface area contributed by atoms with E-state index in [0.717, 1.165) is 33.8 Å². The fourth-order valence-corrected chi connectivity index (χ4v) is 4.01. The molecule has 1 aromatic carbocycles. The minimum Gasteiger partial charge on any atom is -0.388 e. The fraction of sp³-hybridized carbons (Fsp3) is 0.429. The summed E-state index contributed by atoms with van der Waals surface area (Å²) in [7, 11) is 0. The Morgan fingerprint density at radius 3 is 2.95 bits per heavy atom. The fourth-order valence-electron chi connectivity index (χ4n) is 2.12. The van der Waals surface area contributed by atoms with Crippen LogP contribution in [0.4, 0.5) is 0 Å². The lowest BCUT2D eigenvalue weighted by Gasteiger charge is -2.36. The molecule has 20 heavy (non-hydrogen) atoms. The van der Waals surface area contributed by atoms with E-state index in [1.54, 1.807) is 11.3 Å². The van der Waals surface area contributed by atoms with Crippen LogP contribution in [0.5, 0.6) is 0 Å². The highest BCUT2D eigenvalue weighted by molar-refractivity contribution is 8.01. The molecule has 1 aliphatic rings. The van der Waals surface area contributed by atoms with Crippen molar-refractivity contribution in [3.63, 3.8) is 0 Å². The molecule has 1 heterocycles. The van der Waals surface area contributed by atoms with E-state index in [2.05, 4.69) is 10.3 Å². The molecule has 0 unspecified atom stereocenters. The second kappa shape index (κ2) is 5.71. The van der Waals surface area contributed by atoms with Crippen molar-refractivity contribution >= 4 is 39.2 Å². The van der Waals surface area contributed by atoms with E-state index in [1.165, 1.54) is 11.8 Å². The van der Waals surface area contributed by atoms with Crippen molar-refractivity contribution in [1.82, 2.24) is 10.3 Å². The van der Waals surface area contributed by atoms with Crippen LogP contribution >= 0.6 is 23.1 Å². The second-order valence-electron chi connectivity index (χ2n) is 5.09. The lowest BCUT2D eigenvalue weighted by molar-refractivity contribution is -0.121. The van der Waals surface area contributed by atoms with Gasteiger partial charge in [0, 0.05) is 6.54 Å². The number of para-hydroxylation sites is 1. The van der Waals surface area contributed by atoms with Crippen LogP contribution in [0.25, 0.3) is 10.2 Å². The molecule has 2 N–H and O–H groups in total. The molecule has 1 aromatic heterocycles. The molecule has 1 aliphatic carbocycles. The first kappa shape index (κ1) is 13.9. The maximum Gasteiger partial charge on any atom is 0.230 e. The number of aliphatic hydroxyl groups is 1. The number of benzene rings is 1. The van der Waals surface area contributed by atoms with Crippen LogP contribution in [-0.4, -0.2) is 33.9 Å². The van der Waals surface area contributed by atoms with E-state index in [1.807, 2.05) is 24.3 Å². The van der Waals surface area contributed by atoms with Crippen LogP contribution in [0, 0.1) is 0 Å². The number of amides is 1. The van der Waals surface area contributed by atoms with Gasteiger partial charge in [0.15, 0.2) is 4.34 Å². The van der Waals surface area contributed by atoms with Gasteiger partial charge in [0.1, 0.15) is 0 Å². The molecule has 0 spiro atoms. The monoisotopic (exact) mass is 308 g/mol. The summed E-state index contributed by atoms with van der Waals surface area (Å²) in [5.41, 5.74) is 0.320. The molecule has 0 radical (unpaired) electrons. The molecule has 1 amide bonds. The van der Waals surface area contributed by atoms with Crippen LogP contribution in [-0.2, 0) is 4.79 Å². The van der Waals surface area contributed by atoms with Crippen molar-refractivity contribution in [3.05, 3.63) is 24.3 Å². The summed E-state index contributed by atoms with van der Waals surface area (Å²) in [5.74, 6) is 0.296. The Morgan fingerprint density at radius 2 is 2.25 bits per heavy atom. The van der Waals surface area contributed by atoms with E-state index in [0.29, 0.717) is 12.3 Å². The van der Waals surface area contributed by atoms with Crippen molar-refractivity contribution in [2.75, 3.05) is 12.3 Å². The number of rotatable bonds is 5. The smallest absolute Gasteiger partial charge is 0.230 e. The third-order valence-electron chi connectivity index (χ3n) is 3.50. The first-order chi connectivity index (χ1) is 9.65. The number of carbonyl (C=O) groups excluding carboxylic acids is 1. The molecular formula is C14H16N2O2S2. The summed E-state index contributed by atoms with van der Waals surface area (Å²) in [6, 6.07) is 7.95. The molecule has 106 valence electrons. The number of hydrogen-bond acceptors (Lipinski definition) is 5. The van der Waals surface area contributed by atoms with Crippen molar-refractivity contribution in [2.24, 2.45) is 0 Å². The predicted molar refractivity (Wildman–Crippen MR) is 82.2 cm³/mol. The van der Waals surface area contributed by atoms with Crippen molar-refractivity contribution in [3.8, 4) is 0 Å². The number of thioether (sulfide) groups is 1. The maximum atomic E-state index is 11.8. The third kappa shape index (κ3) is 3.13. The van der Waals surface area contributed by atoms with Crippen LogP contribution in [0.2, 0.25) is 0 Å². The maximum absolute atomic E-state index is 11.8. The number of hydrogen-bond donors (Lipinski definition) is 2. The Morgan fingerprint density at radius 1 is 1.45 bits per heavy atom. The van der Waals surface area contributed by atoms with Crippen LogP contribution in [0.3, 0.4) is 0 Å². The Bertz CT molecular complexity index is 589. The van der Waals surface area contributed by atoms with Crippen molar-refractivity contribution in [1.29, 1.82) is 0 Å². The zero-order valence-electron chi connectivity index (χ0n) is 11.0. The SMILES string of the molecule is O=C(CSc1nc2ccccc2s1)NCC1(O)CCC1. The van der Waals surface area contributed by atoms with Crippen LogP contribution < -0.4 is 5.32 Å². The topological polar surface area (TPSA) is 62.2 Å². The second-order valence-corrected chi connectivity index (χ2v) is 7.34. The zero-order valence-corrected chi connectivity index (χ0v) is 12.6. The molecule has 1 fully saturated rings. The van der Waals surface area contributed by atoms with Crippen LogP contribution in [0.1, 0.15) is 19.3 Å². The standard InChI is InChI=1S/C14H16N2O2S2/c17-12(15-9-14(18)6-3-7-14)8-19-13-16-10-4-1-2-5-11(10)20-13/h1-2,4-5,18H,3,6-9H2,(H,15,17). The first-order valence-electron chi connectivity index (χ1n) is 6.62. The van der Waals surface area contributed by atoms with Gasteiger partial charge in [-0.05, 0) is 31.4 Å². The molecule has 4 nitrogen and oxygen atoms in total. The number of thiazole rings is 1. The average molecular weight is 308 g/mol. The van der Waals surface area contributed by atoms with Gasteiger partial charge in [-0.2, -0.15) is 0 Å². The van der Waals surface area contributed by atoms with E-state index in [4.69, 9.17) is 0 Å². The molecule has 3 rings (SSSR count). The van der Waals surface area contributed by atoms with Gasteiger partial charge in [-0.25, -0.2) is 4.98 Å². The highest BCUT2D eigenvalue weighted by Gasteiger charge is 2.34. The summed E-state index contributed by atoms with van der Waals surface area (Å²) in [6.45, 7) is 0.367. The van der Waals surface area contributed by atoms with E-state index in [9.17, 15) is 9.90 Å². The van der Waals surface area contributed by atoms with Crippen molar-refractivity contribution in [2.45, 2.75) is 29.2 Å². The number of aromatic nitrogens is 1. The third-order valence-corrected chi connectivity index (χ3v) is 5.68. The minimum absolute atomic E-state index is 0.0467. The van der Waals surface area contributed by atoms with E-state index < -0.39 is 5.60 Å². The number of nitrogens with zero attached hydrogens (tertiary/aromatic N) is 1. The molecular weight excluding hydrogens is 292 g/mol. The zero-order chi connectivity index (χ0) is 14.0. The molecule has 0 atom stereocenters.